The van der Waals surface area contributed by atoms with Crippen LogP contribution in [-0.4, -0.2) is 55.3 Å². The highest BCUT2D eigenvalue weighted by molar-refractivity contribution is 9.10. The Labute approximate surface area is 120 Å². The average molecular weight is 329 g/mol. The Morgan fingerprint density at radius 3 is 3.11 bits per heavy atom. The summed E-state index contributed by atoms with van der Waals surface area (Å²) in [7, 11) is 1.85. The molecule has 1 fully saturated rings. The van der Waals surface area contributed by atoms with Crippen molar-refractivity contribution in [3.8, 4) is 5.75 Å². The third kappa shape index (κ3) is 3.46. The zero-order valence-electron chi connectivity index (χ0n) is 10.7. The standard InChI is InChI=1S/C13H17BrN2O3/c1-15-7-10-8-16(4-5-19-10)13(18)11-3-2-9(14)6-12(11)17/h2-3,6,10,15,17H,4-5,7-8H2,1H3. The summed E-state index contributed by atoms with van der Waals surface area (Å²) in [6.45, 7) is 2.31. The lowest BCUT2D eigenvalue weighted by Gasteiger charge is -2.33. The van der Waals surface area contributed by atoms with Gasteiger partial charge in [0.2, 0.25) is 0 Å². The first kappa shape index (κ1) is 14.3. The van der Waals surface area contributed by atoms with E-state index in [0.717, 1.165) is 4.47 Å². The Kier molecular flexibility index (Phi) is 4.79. The SMILES string of the molecule is CNCC1CN(C(=O)c2ccc(Br)cc2O)CCO1. The molecule has 1 aromatic rings. The van der Waals surface area contributed by atoms with E-state index in [4.69, 9.17) is 4.74 Å². The van der Waals surface area contributed by atoms with Crippen molar-refractivity contribution in [2.45, 2.75) is 6.10 Å². The molecule has 0 bridgehead atoms. The predicted octanol–water partition coefficient (Wildman–Crippen LogP) is 1.22. The van der Waals surface area contributed by atoms with Gasteiger partial charge in [0, 0.05) is 24.1 Å². The predicted molar refractivity (Wildman–Crippen MR) is 75.4 cm³/mol. The van der Waals surface area contributed by atoms with Gasteiger partial charge in [-0.05, 0) is 25.2 Å². The number of aromatic hydroxyl groups is 1. The number of amides is 1. The first-order chi connectivity index (χ1) is 9.11. The summed E-state index contributed by atoms with van der Waals surface area (Å²) in [4.78, 5) is 14.1. The van der Waals surface area contributed by atoms with E-state index >= 15 is 0 Å². The van der Waals surface area contributed by atoms with Gasteiger partial charge in [-0.25, -0.2) is 0 Å². The number of likely N-dealkylation sites (N-methyl/N-ethyl adjacent to an activating group) is 1. The first-order valence-electron chi connectivity index (χ1n) is 6.16. The molecule has 0 radical (unpaired) electrons. The summed E-state index contributed by atoms with van der Waals surface area (Å²) in [6, 6.07) is 4.90. The fourth-order valence-corrected chi connectivity index (χ4v) is 2.46. The number of carbonyl (C=O) groups excluding carboxylic acids is 1. The minimum atomic E-state index is -0.158. The largest absolute Gasteiger partial charge is 0.507 e. The highest BCUT2D eigenvalue weighted by Crippen LogP contribution is 2.24. The van der Waals surface area contributed by atoms with Crippen LogP contribution in [0.2, 0.25) is 0 Å². The second-order valence-corrected chi connectivity index (χ2v) is 5.38. The molecule has 1 amide bonds. The van der Waals surface area contributed by atoms with Gasteiger partial charge in [-0.1, -0.05) is 15.9 Å². The van der Waals surface area contributed by atoms with Crippen molar-refractivity contribution in [1.29, 1.82) is 0 Å². The number of nitrogens with one attached hydrogen (secondary N) is 1. The van der Waals surface area contributed by atoms with E-state index in [1.807, 2.05) is 7.05 Å². The van der Waals surface area contributed by atoms with Crippen molar-refractivity contribution in [3.63, 3.8) is 0 Å². The third-order valence-electron chi connectivity index (χ3n) is 3.05. The molecular weight excluding hydrogens is 312 g/mol. The van der Waals surface area contributed by atoms with Gasteiger partial charge in [-0.3, -0.25) is 4.79 Å². The molecule has 6 heteroatoms. The number of phenols is 1. The molecule has 0 spiro atoms. The van der Waals surface area contributed by atoms with Crippen LogP contribution in [0.15, 0.2) is 22.7 Å². The molecule has 1 atom stereocenters. The fourth-order valence-electron chi connectivity index (χ4n) is 2.11. The van der Waals surface area contributed by atoms with Gasteiger partial charge >= 0.3 is 0 Å². The summed E-state index contributed by atoms with van der Waals surface area (Å²) >= 11 is 3.26. The van der Waals surface area contributed by atoms with E-state index in [2.05, 4.69) is 21.2 Å². The number of carbonyl (C=O) groups is 1. The number of ether oxygens (including phenoxy) is 1. The Balaban J connectivity index is 2.10. The van der Waals surface area contributed by atoms with Crippen LogP contribution < -0.4 is 5.32 Å². The van der Waals surface area contributed by atoms with Crippen LogP contribution in [0.1, 0.15) is 10.4 Å². The number of rotatable bonds is 3. The van der Waals surface area contributed by atoms with Gasteiger partial charge < -0.3 is 20.1 Å². The number of halogens is 1. The maximum atomic E-state index is 12.4. The van der Waals surface area contributed by atoms with Crippen molar-refractivity contribution in [2.75, 3.05) is 33.3 Å². The van der Waals surface area contributed by atoms with Gasteiger partial charge in [0.1, 0.15) is 5.75 Å². The minimum absolute atomic E-state index is 0.000270. The molecule has 0 aliphatic carbocycles. The van der Waals surface area contributed by atoms with E-state index in [1.54, 1.807) is 17.0 Å². The Morgan fingerprint density at radius 2 is 2.42 bits per heavy atom. The average Bonchev–Trinajstić information content (AvgIpc) is 2.39. The molecule has 5 nitrogen and oxygen atoms in total. The van der Waals surface area contributed by atoms with Crippen molar-refractivity contribution < 1.29 is 14.6 Å². The van der Waals surface area contributed by atoms with E-state index in [1.165, 1.54) is 6.07 Å². The van der Waals surface area contributed by atoms with Gasteiger partial charge in [0.25, 0.3) is 5.91 Å². The second kappa shape index (κ2) is 6.36. The van der Waals surface area contributed by atoms with Gasteiger partial charge in [-0.2, -0.15) is 0 Å². The van der Waals surface area contributed by atoms with Crippen LogP contribution >= 0.6 is 15.9 Å². The first-order valence-corrected chi connectivity index (χ1v) is 6.95. The number of morpholine rings is 1. The maximum Gasteiger partial charge on any atom is 0.257 e. The van der Waals surface area contributed by atoms with Crippen LogP contribution in [-0.2, 0) is 4.74 Å². The normalized spacial score (nSPS) is 19.5. The van der Waals surface area contributed by atoms with Gasteiger partial charge in [-0.15, -0.1) is 0 Å². The van der Waals surface area contributed by atoms with Crippen LogP contribution in [0.3, 0.4) is 0 Å². The number of hydrogen-bond acceptors (Lipinski definition) is 4. The second-order valence-electron chi connectivity index (χ2n) is 4.46. The number of phenolic OH excluding ortho intramolecular Hbond substituents is 1. The number of nitrogens with zero attached hydrogens (tertiary/aromatic N) is 1. The topological polar surface area (TPSA) is 61.8 Å². The highest BCUT2D eigenvalue weighted by atomic mass is 79.9. The minimum Gasteiger partial charge on any atom is -0.507 e. The van der Waals surface area contributed by atoms with Crippen molar-refractivity contribution >= 4 is 21.8 Å². The Bertz CT molecular complexity index is 465. The molecule has 104 valence electrons. The van der Waals surface area contributed by atoms with E-state index in [0.29, 0.717) is 31.8 Å². The molecule has 1 aromatic carbocycles. The summed E-state index contributed by atoms with van der Waals surface area (Å²) in [5, 5.41) is 12.9. The van der Waals surface area contributed by atoms with Crippen LogP contribution in [0, 0.1) is 0 Å². The van der Waals surface area contributed by atoms with E-state index in [9.17, 15) is 9.90 Å². The summed E-state index contributed by atoms with van der Waals surface area (Å²) in [6.07, 6.45) is 0.000270. The summed E-state index contributed by atoms with van der Waals surface area (Å²) < 4.78 is 6.30. The van der Waals surface area contributed by atoms with E-state index < -0.39 is 0 Å². The quantitative estimate of drug-likeness (QED) is 0.875. The van der Waals surface area contributed by atoms with Gasteiger partial charge in [0.05, 0.1) is 18.3 Å². The lowest BCUT2D eigenvalue weighted by atomic mass is 10.1. The molecule has 1 aliphatic heterocycles. The molecule has 0 aromatic heterocycles. The smallest absolute Gasteiger partial charge is 0.257 e. The molecule has 2 N–H and O–H groups in total. The molecule has 1 saturated heterocycles. The van der Waals surface area contributed by atoms with Crippen LogP contribution in [0.5, 0.6) is 5.75 Å². The van der Waals surface area contributed by atoms with Crippen molar-refractivity contribution in [2.24, 2.45) is 0 Å². The zero-order valence-corrected chi connectivity index (χ0v) is 12.3. The Hall–Kier alpha value is -1.11. The highest BCUT2D eigenvalue weighted by Gasteiger charge is 2.26. The molecule has 1 aliphatic rings. The molecule has 1 heterocycles. The zero-order chi connectivity index (χ0) is 13.8. The lowest BCUT2D eigenvalue weighted by molar-refractivity contribution is -0.0197. The van der Waals surface area contributed by atoms with Crippen molar-refractivity contribution in [3.05, 3.63) is 28.2 Å². The molecule has 19 heavy (non-hydrogen) atoms. The summed E-state index contributed by atoms with van der Waals surface area (Å²) in [5.41, 5.74) is 0.327. The van der Waals surface area contributed by atoms with Gasteiger partial charge in [0.15, 0.2) is 0 Å². The van der Waals surface area contributed by atoms with Crippen molar-refractivity contribution in [1.82, 2.24) is 10.2 Å². The fraction of sp³-hybridized carbons (Fsp3) is 0.462. The molecular formula is C13H17BrN2O3. The van der Waals surface area contributed by atoms with Crippen LogP contribution in [0.4, 0.5) is 0 Å². The summed E-state index contributed by atoms with van der Waals surface area (Å²) in [5.74, 6) is -0.162. The number of hydrogen-bond donors (Lipinski definition) is 2. The molecule has 1 unspecified atom stereocenters. The van der Waals surface area contributed by atoms with E-state index in [-0.39, 0.29) is 17.8 Å². The Morgan fingerprint density at radius 1 is 1.63 bits per heavy atom. The number of benzene rings is 1. The van der Waals surface area contributed by atoms with Crippen LogP contribution in [0.25, 0.3) is 0 Å². The maximum absolute atomic E-state index is 12.4. The molecule has 0 saturated carbocycles. The monoisotopic (exact) mass is 328 g/mol. The molecule has 2 rings (SSSR count). The third-order valence-corrected chi connectivity index (χ3v) is 3.54. The lowest BCUT2D eigenvalue weighted by Crippen LogP contribution is -2.48.